The van der Waals surface area contributed by atoms with Crippen molar-refractivity contribution in [2.45, 2.75) is 23.5 Å². The maximum Gasteiger partial charge on any atom is 0.117 e. The van der Waals surface area contributed by atoms with Crippen molar-refractivity contribution in [1.29, 1.82) is 5.26 Å². The van der Waals surface area contributed by atoms with Crippen LogP contribution in [0.4, 0.5) is 0 Å². The fourth-order valence-electron chi connectivity index (χ4n) is 1.66. The summed E-state index contributed by atoms with van der Waals surface area (Å²) >= 11 is 1.50. The Morgan fingerprint density at radius 2 is 2.06 bits per heavy atom. The standard InChI is InChI=1S/C13H13N3OS/c1-9-12(7-14)13(16(2)15-9)18-11-5-3-10(8-17)4-6-11/h3-6,17H,8H2,1-2H3. The van der Waals surface area contributed by atoms with E-state index in [1.165, 1.54) is 11.8 Å². The summed E-state index contributed by atoms with van der Waals surface area (Å²) in [6.07, 6.45) is 0. The van der Waals surface area contributed by atoms with E-state index in [4.69, 9.17) is 10.4 Å². The van der Waals surface area contributed by atoms with Gasteiger partial charge < -0.3 is 5.11 Å². The summed E-state index contributed by atoms with van der Waals surface area (Å²) in [6.45, 7) is 1.87. The lowest BCUT2D eigenvalue weighted by Gasteiger charge is -2.03. The van der Waals surface area contributed by atoms with Gasteiger partial charge in [0.05, 0.1) is 12.3 Å². The van der Waals surface area contributed by atoms with Crippen molar-refractivity contribution < 1.29 is 5.11 Å². The number of nitrogens with zero attached hydrogens (tertiary/aromatic N) is 3. The molecule has 4 nitrogen and oxygen atoms in total. The number of hydrogen-bond donors (Lipinski definition) is 1. The van der Waals surface area contributed by atoms with Crippen LogP contribution in [0.15, 0.2) is 34.2 Å². The van der Waals surface area contributed by atoms with Gasteiger partial charge in [0, 0.05) is 11.9 Å². The molecule has 2 aromatic rings. The van der Waals surface area contributed by atoms with Crippen LogP contribution in [0.2, 0.25) is 0 Å². The molecular formula is C13H13N3OS. The largest absolute Gasteiger partial charge is 0.392 e. The molecule has 0 bridgehead atoms. The fraction of sp³-hybridized carbons (Fsp3) is 0.231. The van der Waals surface area contributed by atoms with E-state index in [1.807, 2.05) is 38.2 Å². The minimum atomic E-state index is 0.0409. The summed E-state index contributed by atoms with van der Waals surface area (Å²) < 4.78 is 1.72. The third-order valence-corrected chi connectivity index (χ3v) is 3.77. The summed E-state index contributed by atoms with van der Waals surface area (Å²) in [5.41, 5.74) is 2.24. The zero-order valence-corrected chi connectivity index (χ0v) is 11.0. The van der Waals surface area contributed by atoms with Crippen LogP contribution in [0, 0.1) is 18.3 Å². The lowest BCUT2D eigenvalue weighted by molar-refractivity contribution is 0.282. The summed E-state index contributed by atoms with van der Waals surface area (Å²) in [5.74, 6) is 0. The van der Waals surface area contributed by atoms with Gasteiger partial charge in [-0.1, -0.05) is 23.9 Å². The molecule has 5 heteroatoms. The molecule has 0 saturated carbocycles. The van der Waals surface area contributed by atoms with Crippen molar-refractivity contribution in [2.24, 2.45) is 7.05 Å². The van der Waals surface area contributed by atoms with E-state index in [9.17, 15) is 0 Å². The Kier molecular flexibility index (Phi) is 3.70. The van der Waals surface area contributed by atoms with Crippen molar-refractivity contribution >= 4 is 11.8 Å². The SMILES string of the molecule is Cc1nn(C)c(Sc2ccc(CO)cc2)c1C#N. The first-order valence-electron chi connectivity index (χ1n) is 5.47. The van der Waals surface area contributed by atoms with Gasteiger partial charge in [0.2, 0.25) is 0 Å². The first-order valence-corrected chi connectivity index (χ1v) is 6.28. The number of aliphatic hydroxyl groups is 1. The van der Waals surface area contributed by atoms with Crippen LogP contribution in [0.5, 0.6) is 0 Å². The van der Waals surface area contributed by atoms with E-state index in [0.717, 1.165) is 21.2 Å². The highest BCUT2D eigenvalue weighted by Gasteiger charge is 2.13. The van der Waals surface area contributed by atoms with E-state index < -0.39 is 0 Å². The normalized spacial score (nSPS) is 10.3. The molecule has 0 unspecified atom stereocenters. The second-order valence-electron chi connectivity index (χ2n) is 3.91. The van der Waals surface area contributed by atoms with Gasteiger partial charge in [-0.2, -0.15) is 10.4 Å². The Hall–Kier alpha value is -1.77. The number of nitriles is 1. The highest BCUT2D eigenvalue weighted by Crippen LogP contribution is 2.31. The summed E-state index contributed by atoms with van der Waals surface area (Å²) in [5, 5.41) is 23.2. The first kappa shape index (κ1) is 12.7. The van der Waals surface area contributed by atoms with Gasteiger partial charge in [-0.3, -0.25) is 4.68 Å². The molecule has 1 N–H and O–H groups in total. The molecule has 1 aromatic carbocycles. The van der Waals surface area contributed by atoms with Crippen molar-refractivity contribution in [3.8, 4) is 6.07 Å². The zero-order valence-electron chi connectivity index (χ0n) is 10.2. The number of hydrogen-bond acceptors (Lipinski definition) is 4. The van der Waals surface area contributed by atoms with Crippen LogP contribution in [-0.2, 0) is 13.7 Å². The van der Waals surface area contributed by atoms with Crippen LogP contribution in [0.3, 0.4) is 0 Å². The molecule has 1 heterocycles. The van der Waals surface area contributed by atoms with Gasteiger partial charge >= 0.3 is 0 Å². The maximum atomic E-state index is 9.12. The van der Waals surface area contributed by atoms with Crippen LogP contribution < -0.4 is 0 Å². The summed E-state index contributed by atoms with van der Waals surface area (Å²) in [6, 6.07) is 9.79. The van der Waals surface area contributed by atoms with Crippen LogP contribution >= 0.6 is 11.8 Å². The quantitative estimate of drug-likeness (QED) is 0.918. The molecule has 0 spiro atoms. The smallest absolute Gasteiger partial charge is 0.117 e. The molecule has 2 rings (SSSR count). The molecule has 0 atom stereocenters. The van der Waals surface area contributed by atoms with Gasteiger partial charge in [-0.25, -0.2) is 0 Å². The Morgan fingerprint density at radius 1 is 1.39 bits per heavy atom. The molecule has 0 aliphatic rings. The number of aryl methyl sites for hydroxylation is 2. The highest BCUT2D eigenvalue weighted by molar-refractivity contribution is 7.99. The zero-order chi connectivity index (χ0) is 13.1. The first-order chi connectivity index (χ1) is 8.65. The monoisotopic (exact) mass is 259 g/mol. The average Bonchev–Trinajstić information content (AvgIpc) is 2.64. The minimum absolute atomic E-state index is 0.0409. The number of aliphatic hydroxyl groups excluding tert-OH is 1. The Morgan fingerprint density at radius 3 is 2.61 bits per heavy atom. The summed E-state index contributed by atoms with van der Waals surface area (Å²) in [7, 11) is 1.83. The third-order valence-electron chi connectivity index (χ3n) is 2.60. The maximum absolute atomic E-state index is 9.12. The summed E-state index contributed by atoms with van der Waals surface area (Å²) in [4.78, 5) is 1.02. The molecule has 92 valence electrons. The minimum Gasteiger partial charge on any atom is -0.392 e. The van der Waals surface area contributed by atoms with Crippen molar-refractivity contribution in [2.75, 3.05) is 0 Å². The fourth-order valence-corrected chi connectivity index (χ4v) is 2.62. The topological polar surface area (TPSA) is 61.8 Å². The number of rotatable bonds is 3. The Balaban J connectivity index is 2.31. The van der Waals surface area contributed by atoms with Crippen LogP contribution in [0.1, 0.15) is 16.8 Å². The molecule has 0 saturated heterocycles. The predicted molar refractivity (Wildman–Crippen MR) is 69.1 cm³/mol. The molecule has 1 aromatic heterocycles. The van der Waals surface area contributed by atoms with Crippen LogP contribution in [-0.4, -0.2) is 14.9 Å². The van der Waals surface area contributed by atoms with Gasteiger partial charge in [0.15, 0.2) is 0 Å². The van der Waals surface area contributed by atoms with Gasteiger partial charge in [-0.05, 0) is 24.6 Å². The average molecular weight is 259 g/mol. The molecule has 0 amide bonds. The predicted octanol–water partition coefficient (Wildman–Crippen LogP) is 2.24. The van der Waals surface area contributed by atoms with Crippen molar-refractivity contribution in [3.63, 3.8) is 0 Å². The molecular weight excluding hydrogens is 246 g/mol. The molecule has 0 radical (unpaired) electrons. The molecule has 18 heavy (non-hydrogen) atoms. The molecule has 0 fully saturated rings. The van der Waals surface area contributed by atoms with Gasteiger partial charge in [-0.15, -0.1) is 0 Å². The molecule has 0 aliphatic carbocycles. The van der Waals surface area contributed by atoms with Gasteiger partial charge in [0.25, 0.3) is 0 Å². The van der Waals surface area contributed by atoms with E-state index in [-0.39, 0.29) is 6.61 Å². The van der Waals surface area contributed by atoms with Gasteiger partial charge in [0.1, 0.15) is 16.7 Å². The lowest BCUT2D eigenvalue weighted by atomic mass is 10.2. The molecule has 0 aliphatic heterocycles. The van der Waals surface area contributed by atoms with Crippen LogP contribution in [0.25, 0.3) is 0 Å². The second-order valence-corrected chi connectivity index (χ2v) is 4.97. The van der Waals surface area contributed by atoms with E-state index in [1.54, 1.807) is 4.68 Å². The Bertz CT molecular complexity index is 596. The van der Waals surface area contributed by atoms with E-state index in [2.05, 4.69) is 11.2 Å². The van der Waals surface area contributed by atoms with Crippen molar-refractivity contribution in [1.82, 2.24) is 9.78 Å². The highest BCUT2D eigenvalue weighted by atomic mass is 32.2. The third kappa shape index (κ3) is 2.40. The van der Waals surface area contributed by atoms with E-state index in [0.29, 0.717) is 5.56 Å². The lowest BCUT2D eigenvalue weighted by Crippen LogP contribution is -1.92. The number of aromatic nitrogens is 2. The number of benzene rings is 1. The second kappa shape index (κ2) is 5.25. The van der Waals surface area contributed by atoms with Crippen molar-refractivity contribution in [3.05, 3.63) is 41.1 Å². The Labute approximate surface area is 110 Å². The van der Waals surface area contributed by atoms with E-state index >= 15 is 0 Å².